The topological polar surface area (TPSA) is 69.0 Å². The van der Waals surface area contributed by atoms with Gasteiger partial charge in [0.2, 0.25) is 0 Å². The van der Waals surface area contributed by atoms with Gasteiger partial charge in [0.1, 0.15) is 22.6 Å². The molecule has 0 spiro atoms. The second kappa shape index (κ2) is 7.71. The molecule has 1 aromatic heterocycles. The van der Waals surface area contributed by atoms with Gasteiger partial charge < -0.3 is 10.1 Å². The Hall–Kier alpha value is -3.74. The van der Waals surface area contributed by atoms with E-state index in [9.17, 15) is 9.18 Å². The summed E-state index contributed by atoms with van der Waals surface area (Å²) in [5, 5.41) is 11.6. The SMILES string of the molecule is Cc1ccc(OCC(=O)Nc2ccc3nn(-c4ccc(F)cc4)nc3c2)c(C)c1. The van der Waals surface area contributed by atoms with Crippen molar-refractivity contribution in [2.75, 3.05) is 11.9 Å². The van der Waals surface area contributed by atoms with Crippen LogP contribution < -0.4 is 10.1 Å². The van der Waals surface area contributed by atoms with E-state index in [1.54, 1.807) is 30.3 Å². The first-order valence-corrected chi connectivity index (χ1v) is 9.11. The van der Waals surface area contributed by atoms with Gasteiger partial charge in [-0.2, -0.15) is 4.80 Å². The van der Waals surface area contributed by atoms with Crippen molar-refractivity contribution in [2.24, 2.45) is 0 Å². The number of nitrogens with zero attached hydrogens (tertiary/aromatic N) is 3. The van der Waals surface area contributed by atoms with Crippen LogP contribution in [0.4, 0.5) is 10.1 Å². The average Bonchev–Trinajstić information content (AvgIpc) is 3.11. The highest BCUT2D eigenvalue weighted by Gasteiger charge is 2.09. The number of fused-ring (bicyclic) bond motifs is 1. The zero-order valence-corrected chi connectivity index (χ0v) is 16.0. The molecule has 1 amide bonds. The maximum absolute atomic E-state index is 13.1. The summed E-state index contributed by atoms with van der Waals surface area (Å²) in [6, 6.07) is 17.0. The summed E-state index contributed by atoms with van der Waals surface area (Å²) in [5.41, 5.74) is 4.65. The fraction of sp³-hybridized carbons (Fsp3) is 0.136. The monoisotopic (exact) mass is 390 g/mol. The van der Waals surface area contributed by atoms with E-state index in [1.165, 1.54) is 16.9 Å². The lowest BCUT2D eigenvalue weighted by Crippen LogP contribution is -2.20. The number of benzene rings is 3. The molecule has 4 aromatic rings. The third-order valence-electron chi connectivity index (χ3n) is 4.41. The highest BCUT2D eigenvalue weighted by atomic mass is 19.1. The van der Waals surface area contributed by atoms with E-state index >= 15 is 0 Å². The van der Waals surface area contributed by atoms with E-state index in [0.717, 1.165) is 11.1 Å². The Morgan fingerprint density at radius 1 is 1.00 bits per heavy atom. The number of ether oxygens (including phenoxy) is 1. The quantitative estimate of drug-likeness (QED) is 0.555. The summed E-state index contributed by atoms with van der Waals surface area (Å²) >= 11 is 0. The molecule has 0 aliphatic carbocycles. The lowest BCUT2D eigenvalue weighted by atomic mass is 10.1. The minimum Gasteiger partial charge on any atom is -0.483 e. The number of hydrogen-bond donors (Lipinski definition) is 1. The number of hydrogen-bond acceptors (Lipinski definition) is 4. The number of amides is 1. The minimum absolute atomic E-state index is 0.0930. The number of aryl methyl sites for hydroxylation is 2. The lowest BCUT2D eigenvalue weighted by Gasteiger charge is -2.10. The number of halogens is 1. The third kappa shape index (κ3) is 4.24. The Morgan fingerprint density at radius 3 is 2.52 bits per heavy atom. The van der Waals surface area contributed by atoms with Crippen LogP contribution >= 0.6 is 0 Å². The van der Waals surface area contributed by atoms with Gasteiger partial charge in [0, 0.05) is 5.69 Å². The van der Waals surface area contributed by atoms with Crippen molar-refractivity contribution in [1.82, 2.24) is 15.0 Å². The molecule has 0 radical (unpaired) electrons. The van der Waals surface area contributed by atoms with Crippen LogP contribution in [0.1, 0.15) is 11.1 Å². The highest BCUT2D eigenvalue weighted by molar-refractivity contribution is 5.93. The molecule has 146 valence electrons. The fourth-order valence-electron chi connectivity index (χ4n) is 2.98. The molecule has 0 aliphatic heterocycles. The molecule has 29 heavy (non-hydrogen) atoms. The fourth-order valence-corrected chi connectivity index (χ4v) is 2.98. The molecule has 7 heteroatoms. The normalized spacial score (nSPS) is 10.9. The van der Waals surface area contributed by atoms with Crippen molar-refractivity contribution in [2.45, 2.75) is 13.8 Å². The van der Waals surface area contributed by atoms with Crippen LogP contribution in [0, 0.1) is 19.7 Å². The van der Waals surface area contributed by atoms with Gasteiger partial charge in [-0.25, -0.2) is 4.39 Å². The molecule has 6 nitrogen and oxygen atoms in total. The summed E-state index contributed by atoms with van der Waals surface area (Å²) < 4.78 is 18.7. The molecule has 0 fully saturated rings. The van der Waals surface area contributed by atoms with E-state index in [-0.39, 0.29) is 18.3 Å². The first-order chi connectivity index (χ1) is 14.0. The number of anilines is 1. The average molecular weight is 390 g/mol. The molecule has 3 aromatic carbocycles. The van der Waals surface area contributed by atoms with E-state index in [0.29, 0.717) is 28.2 Å². The predicted octanol–water partition coefficient (Wildman–Crippen LogP) is 4.19. The Kier molecular flexibility index (Phi) is 4.95. The van der Waals surface area contributed by atoms with Crippen LogP contribution in [0.25, 0.3) is 16.7 Å². The molecule has 1 N–H and O–H groups in total. The van der Waals surface area contributed by atoms with Crippen molar-refractivity contribution < 1.29 is 13.9 Å². The minimum atomic E-state index is -0.321. The zero-order valence-electron chi connectivity index (χ0n) is 16.0. The molecule has 0 saturated heterocycles. The highest BCUT2D eigenvalue weighted by Crippen LogP contribution is 2.20. The van der Waals surface area contributed by atoms with E-state index in [4.69, 9.17) is 4.74 Å². The molecule has 4 rings (SSSR count). The van der Waals surface area contributed by atoms with Crippen molar-refractivity contribution in [3.8, 4) is 11.4 Å². The Labute approximate surface area is 166 Å². The summed E-state index contributed by atoms with van der Waals surface area (Å²) in [6.45, 7) is 3.86. The Balaban J connectivity index is 1.45. The molecular weight excluding hydrogens is 371 g/mol. The van der Waals surface area contributed by atoms with Crippen LogP contribution in [-0.2, 0) is 4.79 Å². The first-order valence-electron chi connectivity index (χ1n) is 9.11. The van der Waals surface area contributed by atoms with Gasteiger partial charge in [0.25, 0.3) is 5.91 Å². The number of nitrogens with one attached hydrogen (secondary N) is 1. The van der Waals surface area contributed by atoms with Gasteiger partial charge >= 0.3 is 0 Å². The van der Waals surface area contributed by atoms with Crippen LogP contribution in [0.2, 0.25) is 0 Å². The lowest BCUT2D eigenvalue weighted by molar-refractivity contribution is -0.118. The van der Waals surface area contributed by atoms with E-state index in [2.05, 4.69) is 15.5 Å². The second-order valence-corrected chi connectivity index (χ2v) is 6.78. The van der Waals surface area contributed by atoms with Crippen LogP contribution in [0.3, 0.4) is 0 Å². The Bertz CT molecular complexity index is 1190. The Morgan fingerprint density at radius 2 is 1.76 bits per heavy atom. The van der Waals surface area contributed by atoms with Gasteiger partial charge in [-0.15, -0.1) is 10.2 Å². The maximum Gasteiger partial charge on any atom is 0.262 e. The summed E-state index contributed by atoms with van der Waals surface area (Å²) in [4.78, 5) is 13.7. The standard InChI is InChI=1S/C22H19FN4O2/c1-14-3-10-21(15(2)11-14)29-13-22(28)24-17-6-9-19-20(12-17)26-27(25-19)18-7-4-16(23)5-8-18/h3-12H,13H2,1-2H3,(H,24,28). The predicted molar refractivity (Wildman–Crippen MR) is 109 cm³/mol. The first kappa shape index (κ1) is 18.6. The second-order valence-electron chi connectivity index (χ2n) is 6.78. The van der Waals surface area contributed by atoms with Crippen molar-refractivity contribution in [1.29, 1.82) is 0 Å². The van der Waals surface area contributed by atoms with Crippen LogP contribution in [0.5, 0.6) is 5.75 Å². The summed E-state index contributed by atoms with van der Waals surface area (Å²) in [6.07, 6.45) is 0. The largest absolute Gasteiger partial charge is 0.483 e. The van der Waals surface area contributed by atoms with Gasteiger partial charge in [0.05, 0.1) is 5.69 Å². The maximum atomic E-state index is 13.1. The van der Waals surface area contributed by atoms with Crippen LogP contribution in [-0.4, -0.2) is 27.5 Å². The van der Waals surface area contributed by atoms with Crippen molar-refractivity contribution >= 4 is 22.6 Å². The van der Waals surface area contributed by atoms with E-state index in [1.807, 2.05) is 32.0 Å². The third-order valence-corrected chi connectivity index (χ3v) is 4.41. The van der Waals surface area contributed by atoms with Crippen molar-refractivity contribution in [3.05, 3.63) is 77.6 Å². The van der Waals surface area contributed by atoms with Gasteiger partial charge in [-0.1, -0.05) is 17.7 Å². The number of rotatable bonds is 5. The molecule has 0 aliphatic rings. The number of aromatic nitrogens is 3. The summed E-state index contributed by atoms with van der Waals surface area (Å²) in [5.74, 6) is 0.0946. The molecule has 0 unspecified atom stereocenters. The molecule has 0 bridgehead atoms. The van der Waals surface area contributed by atoms with Gasteiger partial charge in [0.15, 0.2) is 6.61 Å². The zero-order chi connectivity index (χ0) is 20.4. The van der Waals surface area contributed by atoms with Crippen molar-refractivity contribution in [3.63, 3.8) is 0 Å². The van der Waals surface area contributed by atoms with Gasteiger partial charge in [-0.3, -0.25) is 4.79 Å². The summed E-state index contributed by atoms with van der Waals surface area (Å²) in [7, 11) is 0. The molecular formula is C22H19FN4O2. The smallest absolute Gasteiger partial charge is 0.262 e. The molecule has 1 heterocycles. The number of carbonyl (C=O) groups excluding carboxylic acids is 1. The molecule has 0 atom stereocenters. The van der Waals surface area contributed by atoms with E-state index < -0.39 is 0 Å². The molecule has 0 saturated carbocycles. The van der Waals surface area contributed by atoms with Crippen LogP contribution in [0.15, 0.2) is 60.7 Å². The number of carbonyl (C=O) groups is 1. The van der Waals surface area contributed by atoms with Gasteiger partial charge in [-0.05, 0) is 67.9 Å².